The van der Waals surface area contributed by atoms with Gasteiger partial charge in [0.1, 0.15) is 5.75 Å². The third-order valence-corrected chi connectivity index (χ3v) is 5.59. The van der Waals surface area contributed by atoms with Gasteiger partial charge in [-0.1, -0.05) is 23.2 Å². The SMILES string of the molecule is O=C1C[C@@H](NCCO)C[C@@H]2C[C@H](c3c(O)ccc(Cl)c3Cl)CN12. The molecular formula is C16H20Cl2N2O3. The quantitative estimate of drug-likeness (QED) is 0.770. The Morgan fingerprint density at radius 2 is 2.09 bits per heavy atom. The molecule has 0 spiro atoms. The number of benzene rings is 1. The summed E-state index contributed by atoms with van der Waals surface area (Å²) in [6.45, 7) is 1.12. The molecule has 0 bridgehead atoms. The number of hydrogen-bond acceptors (Lipinski definition) is 4. The zero-order chi connectivity index (χ0) is 16.6. The lowest BCUT2D eigenvalue weighted by Gasteiger charge is -2.34. The number of carbonyl (C=O) groups is 1. The number of amides is 1. The Bertz CT molecular complexity index is 611. The first kappa shape index (κ1) is 16.8. The van der Waals surface area contributed by atoms with Crippen molar-refractivity contribution in [3.8, 4) is 5.75 Å². The first-order valence-electron chi connectivity index (χ1n) is 7.81. The molecule has 7 heteroatoms. The van der Waals surface area contributed by atoms with Crippen LogP contribution in [-0.2, 0) is 4.79 Å². The molecule has 126 valence electrons. The zero-order valence-electron chi connectivity index (χ0n) is 12.6. The Morgan fingerprint density at radius 1 is 1.30 bits per heavy atom. The van der Waals surface area contributed by atoms with Crippen LogP contribution in [-0.4, -0.2) is 52.8 Å². The highest BCUT2D eigenvalue weighted by atomic mass is 35.5. The molecule has 0 radical (unpaired) electrons. The summed E-state index contributed by atoms with van der Waals surface area (Å²) in [6, 6.07) is 3.35. The molecule has 5 nitrogen and oxygen atoms in total. The number of nitrogens with zero attached hydrogens (tertiary/aromatic N) is 1. The molecule has 3 rings (SSSR count). The molecule has 0 aliphatic carbocycles. The lowest BCUT2D eigenvalue weighted by molar-refractivity contribution is -0.135. The molecule has 0 saturated carbocycles. The molecule has 1 amide bonds. The first-order valence-corrected chi connectivity index (χ1v) is 8.57. The van der Waals surface area contributed by atoms with Crippen LogP contribution >= 0.6 is 23.2 Å². The van der Waals surface area contributed by atoms with Crippen LogP contribution in [0.15, 0.2) is 12.1 Å². The van der Waals surface area contributed by atoms with Crippen LogP contribution in [0.4, 0.5) is 0 Å². The van der Waals surface area contributed by atoms with E-state index in [0.717, 1.165) is 12.8 Å². The van der Waals surface area contributed by atoms with Crippen molar-refractivity contribution in [1.82, 2.24) is 10.2 Å². The fraction of sp³-hybridized carbons (Fsp3) is 0.562. The van der Waals surface area contributed by atoms with Crippen molar-refractivity contribution in [1.29, 1.82) is 0 Å². The number of carbonyl (C=O) groups excluding carboxylic acids is 1. The van der Waals surface area contributed by atoms with E-state index in [4.69, 9.17) is 28.3 Å². The standard InChI is InChI=1S/C16H20Cl2N2O3/c17-12-1-2-13(22)15(16(12)18)9-5-11-6-10(19-3-4-21)7-14(23)20(11)8-9/h1-2,9-11,19,21-22H,3-8H2/t9-,10-,11-/m0/s1. The fourth-order valence-corrected chi connectivity index (χ4v) is 4.24. The number of phenols is 1. The summed E-state index contributed by atoms with van der Waals surface area (Å²) in [6.07, 6.45) is 2.05. The molecule has 2 heterocycles. The van der Waals surface area contributed by atoms with Gasteiger partial charge >= 0.3 is 0 Å². The van der Waals surface area contributed by atoms with Gasteiger partial charge in [0.25, 0.3) is 0 Å². The summed E-state index contributed by atoms with van der Waals surface area (Å²) in [5.41, 5.74) is 0.640. The van der Waals surface area contributed by atoms with Crippen molar-refractivity contribution in [2.24, 2.45) is 0 Å². The topological polar surface area (TPSA) is 72.8 Å². The van der Waals surface area contributed by atoms with Crippen molar-refractivity contribution >= 4 is 29.1 Å². The number of piperidine rings is 1. The minimum atomic E-state index is -0.00765. The van der Waals surface area contributed by atoms with E-state index in [1.807, 2.05) is 4.90 Å². The summed E-state index contributed by atoms with van der Waals surface area (Å²) in [4.78, 5) is 14.3. The smallest absolute Gasteiger partial charge is 0.224 e. The molecule has 1 aromatic rings. The summed E-state index contributed by atoms with van der Waals surface area (Å²) >= 11 is 12.3. The van der Waals surface area contributed by atoms with Crippen LogP contribution in [0, 0.1) is 0 Å². The largest absolute Gasteiger partial charge is 0.508 e. The monoisotopic (exact) mass is 358 g/mol. The van der Waals surface area contributed by atoms with Crippen molar-refractivity contribution in [2.75, 3.05) is 19.7 Å². The molecule has 0 aromatic heterocycles. The van der Waals surface area contributed by atoms with Gasteiger partial charge in [-0.3, -0.25) is 4.79 Å². The highest BCUT2D eigenvalue weighted by Crippen LogP contribution is 2.44. The molecule has 2 saturated heterocycles. The van der Waals surface area contributed by atoms with Gasteiger partial charge < -0.3 is 20.4 Å². The highest BCUT2D eigenvalue weighted by molar-refractivity contribution is 6.42. The molecule has 0 unspecified atom stereocenters. The van der Waals surface area contributed by atoms with Gasteiger partial charge in [-0.15, -0.1) is 0 Å². The average Bonchev–Trinajstić information content (AvgIpc) is 2.93. The number of hydrogen-bond donors (Lipinski definition) is 3. The van der Waals surface area contributed by atoms with E-state index in [0.29, 0.717) is 35.1 Å². The number of aromatic hydroxyl groups is 1. The van der Waals surface area contributed by atoms with E-state index in [-0.39, 0.29) is 36.3 Å². The van der Waals surface area contributed by atoms with E-state index in [2.05, 4.69) is 5.32 Å². The molecule has 3 N–H and O–H groups in total. The Balaban J connectivity index is 1.78. The second kappa shape index (κ2) is 6.85. The first-order chi connectivity index (χ1) is 11.0. The maximum absolute atomic E-state index is 12.4. The highest BCUT2D eigenvalue weighted by Gasteiger charge is 2.42. The van der Waals surface area contributed by atoms with Gasteiger partial charge in [-0.05, 0) is 25.0 Å². The van der Waals surface area contributed by atoms with E-state index >= 15 is 0 Å². The van der Waals surface area contributed by atoms with Gasteiger partial charge in [0.05, 0.1) is 16.7 Å². The number of phenolic OH excluding ortho intramolecular Hbond substituents is 1. The number of nitrogens with one attached hydrogen (secondary N) is 1. The molecule has 1 aromatic carbocycles. The van der Waals surface area contributed by atoms with Crippen LogP contribution in [0.1, 0.15) is 30.7 Å². The summed E-state index contributed by atoms with van der Waals surface area (Å²) in [5, 5.41) is 23.1. The second-order valence-electron chi connectivity index (χ2n) is 6.24. The van der Waals surface area contributed by atoms with Crippen molar-refractivity contribution in [3.05, 3.63) is 27.7 Å². The van der Waals surface area contributed by atoms with Crippen molar-refractivity contribution < 1.29 is 15.0 Å². The molecule has 2 aliphatic rings. The van der Waals surface area contributed by atoms with Gasteiger partial charge in [0.15, 0.2) is 0 Å². The van der Waals surface area contributed by atoms with Crippen LogP contribution in [0.3, 0.4) is 0 Å². The maximum atomic E-state index is 12.4. The summed E-state index contributed by atoms with van der Waals surface area (Å²) in [7, 11) is 0. The number of aliphatic hydroxyl groups excluding tert-OH is 1. The molecule has 3 atom stereocenters. The Labute approximate surface area is 145 Å². The van der Waals surface area contributed by atoms with E-state index in [1.165, 1.54) is 0 Å². The number of aliphatic hydroxyl groups is 1. The van der Waals surface area contributed by atoms with Crippen LogP contribution in [0.25, 0.3) is 0 Å². The normalized spacial score (nSPS) is 27.3. The van der Waals surface area contributed by atoms with Crippen LogP contribution in [0.5, 0.6) is 5.75 Å². The molecule has 2 aliphatic heterocycles. The van der Waals surface area contributed by atoms with Crippen LogP contribution in [0.2, 0.25) is 10.0 Å². The van der Waals surface area contributed by atoms with E-state index in [1.54, 1.807) is 12.1 Å². The lowest BCUT2D eigenvalue weighted by Crippen LogP contribution is -2.49. The van der Waals surface area contributed by atoms with Gasteiger partial charge in [-0.25, -0.2) is 0 Å². The number of fused-ring (bicyclic) bond motifs is 1. The maximum Gasteiger partial charge on any atom is 0.224 e. The van der Waals surface area contributed by atoms with Crippen molar-refractivity contribution in [3.63, 3.8) is 0 Å². The summed E-state index contributed by atoms with van der Waals surface area (Å²) in [5.74, 6) is 0.232. The van der Waals surface area contributed by atoms with Gasteiger partial charge in [-0.2, -0.15) is 0 Å². The number of halogens is 2. The third-order valence-electron chi connectivity index (χ3n) is 4.78. The minimum Gasteiger partial charge on any atom is -0.508 e. The second-order valence-corrected chi connectivity index (χ2v) is 7.03. The van der Waals surface area contributed by atoms with E-state index in [9.17, 15) is 9.90 Å². The molecule has 23 heavy (non-hydrogen) atoms. The Morgan fingerprint density at radius 3 is 2.83 bits per heavy atom. The van der Waals surface area contributed by atoms with E-state index < -0.39 is 0 Å². The zero-order valence-corrected chi connectivity index (χ0v) is 14.1. The Kier molecular flexibility index (Phi) is 5.01. The van der Waals surface area contributed by atoms with Crippen molar-refractivity contribution in [2.45, 2.75) is 37.3 Å². The summed E-state index contributed by atoms with van der Waals surface area (Å²) < 4.78 is 0. The predicted molar refractivity (Wildman–Crippen MR) is 89.1 cm³/mol. The third kappa shape index (κ3) is 3.29. The van der Waals surface area contributed by atoms with Crippen LogP contribution < -0.4 is 5.32 Å². The molecule has 2 fully saturated rings. The van der Waals surface area contributed by atoms with Gasteiger partial charge in [0, 0.05) is 43.1 Å². The average molecular weight is 359 g/mol. The Hall–Kier alpha value is -1.01. The fourth-order valence-electron chi connectivity index (χ4n) is 3.76. The molecular weight excluding hydrogens is 339 g/mol. The van der Waals surface area contributed by atoms with Gasteiger partial charge in [0.2, 0.25) is 5.91 Å². The predicted octanol–water partition coefficient (Wildman–Crippen LogP) is 2.13. The number of rotatable bonds is 4. The lowest BCUT2D eigenvalue weighted by atomic mass is 9.92. The minimum absolute atomic E-state index is 0.00765.